The van der Waals surface area contributed by atoms with Crippen molar-refractivity contribution in [2.75, 3.05) is 13.7 Å². The van der Waals surface area contributed by atoms with E-state index >= 15 is 0 Å². The Balaban J connectivity index is 2.45. The van der Waals surface area contributed by atoms with Crippen molar-refractivity contribution in [3.8, 4) is 5.69 Å². The second kappa shape index (κ2) is 6.87. The summed E-state index contributed by atoms with van der Waals surface area (Å²) in [7, 11) is 1.77. The summed E-state index contributed by atoms with van der Waals surface area (Å²) in [6.07, 6.45) is 2.76. The van der Waals surface area contributed by atoms with Gasteiger partial charge in [0.05, 0.1) is 23.0 Å². The molecule has 0 spiro atoms. The second-order valence-electron chi connectivity index (χ2n) is 5.36. The van der Waals surface area contributed by atoms with Gasteiger partial charge in [0, 0.05) is 13.3 Å². The summed E-state index contributed by atoms with van der Waals surface area (Å²) < 4.78 is 7.80. The summed E-state index contributed by atoms with van der Waals surface area (Å²) in [5.41, 5.74) is 1.91. The van der Waals surface area contributed by atoms with Crippen LogP contribution in [0.15, 0.2) is 42.6 Å². The van der Waals surface area contributed by atoms with Crippen LogP contribution in [0.25, 0.3) is 5.69 Å². The van der Waals surface area contributed by atoms with Gasteiger partial charge in [0.1, 0.15) is 0 Å². The molecule has 2 atom stereocenters. The van der Waals surface area contributed by atoms with Gasteiger partial charge < -0.3 is 10.1 Å². The van der Waals surface area contributed by atoms with Gasteiger partial charge in [-0.05, 0) is 38.1 Å². The highest BCUT2D eigenvalue weighted by Gasteiger charge is 2.35. The minimum Gasteiger partial charge on any atom is -0.376 e. The number of rotatable bonds is 7. The SMILES string of the molecule is CCNC(c1ccnn1-c1ccccc1)C(C)(CC)OC. The van der Waals surface area contributed by atoms with E-state index in [9.17, 15) is 0 Å². The third-order valence-corrected chi connectivity index (χ3v) is 4.16. The molecule has 114 valence electrons. The maximum Gasteiger partial charge on any atom is 0.0857 e. The first-order chi connectivity index (χ1) is 10.2. The number of methoxy groups -OCH3 is 1. The van der Waals surface area contributed by atoms with Crippen molar-refractivity contribution in [1.29, 1.82) is 0 Å². The predicted molar refractivity (Wildman–Crippen MR) is 85.7 cm³/mol. The van der Waals surface area contributed by atoms with Gasteiger partial charge in [-0.2, -0.15) is 5.10 Å². The summed E-state index contributed by atoms with van der Waals surface area (Å²) >= 11 is 0. The summed E-state index contributed by atoms with van der Waals surface area (Å²) in [4.78, 5) is 0. The van der Waals surface area contributed by atoms with Crippen molar-refractivity contribution >= 4 is 0 Å². The maximum atomic E-state index is 5.81. The lowest BCUT2D eigenvalue weighted by atomic mass is 9.90. The zero-order chi connectivity index (χ0) is 15.3. The van der Waals surface area contributed by atoms with Crippen molar-refractivity contribution in [1.82, 2.24) is 15.1 Å². The fourth-order valence-corrected chi connectivity index (χ4v) is 2.62. The number of nitrogens with one attached hydrogen (secondary N) is 1. The highest BCUT2D eigenvalue weighted by Crippen LogP contribution is 2.32. The molecule has 2 aromatic rings. The number of likely N-dealkylation sites (N-methyl/N-ethyl adjacent to an activating group) is 1. The molecule has 0 amide bonds. The quantitative estimate of drug-likeness (QED) is 0.849. The Kier molecular flexibility index (Phi) is 5.15. The molecule has 0 aliphatic rings. The molecule has 1 aromatic heterocycles. The zero-order valence-electron chi connectivity index (χ0n) is 13.3. The minimum atomic E-state index is -0.275. The normalized spacial score (nSPS) is 15.6. The van der Waals surface area contributed by atoms with E-state index in [1.54, 1.807) is 7.11 Å². The topological polar surface area (TPSA) is 39.1 Å². The molecular formula is C17H25N3O. The highest BCUT2D eigenvalue weighted by atomic mass is 16.5. The smallest absolute Gasteiger partial charge is 0.0857 e. The third kappa shape index (κ3) is 3.17. The average Bonchev–Trinajstić information content (AvgIpc) is 3.02. The van der Waals surface area contributed by atoms with Gasteiger partial charge in [0.2, 0.25) is 0 Å². The van der Waals surface area contributed by atoms with Crippen molar-refractivity contribution < 1.29 is 4.74 Å². The van der Waals surface area contributed by atoms with Crippen LogP contribution in [-0.4, -0.2) is 29.0 Å². The predicted octanol–water partition coefficient (Wildman–Crippen LogP) is 3.34. The number of ether oxygens (including phenoxy) is 1. The van der Waals surface area contributed by atoms with Crippen molar-refractivity contribution in [3.05, 3.63) is 48.3 Å². The second-order valence-corrected chi connectivity index (χ2v) is 5.36. The van der Waals surface area contributed by atoms with Crippen molar-refractivity contribution in [2.24, 2.45) is 0 Å². The standard InChI is InChI=1S/C17H25N3O/c1-5-17(3,21-4)16(18-6-2)15-12-13-19-20(15)14-10-8-7-9-11-14/h7-13,16,18H,5-6H2,1-4H3. The van der Waals surface area contributed by atoms with E-state index in [0.29, 0.717) is 0 Å². The summed E-state index contributed by atoms with van der Waals surface area (Å²) in [6, 6.07) is 12.3. The van der Waals surface area contributed by atoms with Crippen LogP contribution in [0.5, 0.6) is 0 Å². The van der Waals surface area contributed by atoms with Gasteiger partial charge in [-0.3, -0.25) is 0 Å². The van der Waals surface area contributed by atoms with Gasteiger partial charge >= 0.3 is 0 Å². The molecule has 0 fully saturated rings. The molecule has 0 saturated heterocycles. The van der Waals surface area contributed by atoms with Gasteiger partial charge in [-0.25, -0.2) is 4.68 Å². The van der Waals surface area contributed by atoms with Gasteiger partial charge in [0.25, 0.3) is 0 Å². The minimum absolute atomic E-state index is 0.0835. The van der Waals surface area contributed by atoms with Crippen LogP contribution >= 0.6 is 0 Å². The van der Waals surface area contributed by atoms with Gasteiger partial charge in [-0.15, -0.1) is 0 Å². The van der Waals surface area contributed by atoms with Gasteiger partial charge in [0.15, 0.2) is 0 Å². The molecular weight excluding hydrogens is 262 g/mol. The van der Waals surface area contributed by atoms with Crippen LogP contribution in [0, 0.1) is 0 Å². The zero-order valence-corrected chi connectivity index (χ0v) is 13.3. The summed E-state index contributed by atoms with van der Waals surface area (Å²) in [6.45, 7) is 7.28. The number of benzene rings is 1. The number of hydrogen-bond acceptors (Lipinski definition) is 3. The first kappa shape index (κ1) is 15.7. The third-order valence-electron chi connectivity index (χ3n) is 4.16. The number of nitrogens with zero attached hydrogens (tertiary/aromatic N) is 2. The molecule has 1 N–H and O–H groups in total. The Hall–Kier alpha value is -1.65. The lowest BCUT2D eigenvalue weighted by Gasteiger charge is -2.36. The molecule has 0 aliphatic carbocycles. The van der Waals surface area contributed by atoms with E-state index in [0.717, 1.165) is 24.3 Å². The Bertz CT molecular complexity index is 546. The summed E-state index contributed by atoms with van der Waals surface area (Å²) in [5.74, 6) is 0. The van der Waals surface area contributed by atoms with E-state index in [1.165, 1.54) is 0 Å². The first-order valence-corrected chi connectivity index (χ1v) is 7.54. The van der Waals surface area contributed by atoms with E-state index < -0.39 is 0 Å². The van der Waals surface area contributed by atoms with Crippen molar-refractivity contribution in [3.63, 3.8) is 0 Å². The molecule has 0 radical (unpaired) electrons. The monoisotopic (exact) mass is 287 g/mol. The van der Waals surface area contributed by atoms with Crippen LogP contribution in [-0.2, 0) is 4.74 Å². The summed E-state index contributed by atoms with van der Waals surface area (Å²) in [5, 5.41) is 8.04. The lowest BCUT2D eigenvalue weighted by Crippen LogP contribution is -2.43. The fourth-order valence-electron chi connectivity index (χ4n) is 2.62. The van der Waals surface area contributed by atoms with Crippen LogP contribution in [0.3, 0.4) is 0 Å². The highest BCUT2D eigenvalue weighted by molar-refractivity contribution is 5.33. The Morgan fingerprint density at radius 2 is 1.95 bits per heavy atom. The average molecular weight is 287 g/mol. The van der Waals surface area contributed by atoms with Crippen LogP contribution in [0.4, 0.5) is 0 Å². The van der Waals surface area contributed by atoms with E-state index in [-0.39, 0.29) is 11.6 Å². The fraction of sp³-hybridized carbons (Fsp3) is 0.471. The first-order valence-electron chi connectivity index (χ1n) is 7.54. The van der Waals surface area contributed by atoms with E-state index in [2.05, 4.69) is 49.4 Å². The molecule has 4 heteroatoms. The Labute approximate surface area is 127 Å². The van der Waals surface area contributed by atoms with Crippen LogP contribution in [0.1, 0.15) is 38.9 Å². The van der Waals surface area contributed by atoms with Crippen LogP contribution in [0.2, 0.25) is 0 Å². The van der Waals surface area contributed by atoms with Crippen LogP contribution < -0.4 is 5.32 Å². The molecule has 0 saturated carbocycles. The van der Waals surface area contributed by atoms with E-state index in [1.807, 2.05) is 29.1 Å². The number of para-hydroxylation sites is 1. The molecule has 4 nitrogen and oxygen atoms in total. The molecule has 0 bridgehead atoms. The maximum absolute atomic E-state index is 5.81. The number of aromatic nitrogens is 2. The molecule has 1 aromatic carbocycles. The molecule has 0 aliphatic heterocycles. The largest absolute Gasteiger partial charge is 0.376 e. The van der Waals surface area contributed by atoms with Gasteiger partial charge in [-0.1, -0.05) is 32.0 Å². The Morgan fingerprint density at radius 1 is 1.24 bits per heavy atom. The lowest BCUT2D eigenvalue weighted by molar-refractivity contribution is -0.0312. The Morgan fingerprint density at radius 3 is 2.52 bits per heavy atom. The molecule has 1 heterocycles. The molecule has 21 heavy (non-hydrogen) atoms. The van der Waals surface area contributed by atoms with E-state index in [4.69, 9.17) is 4.74 Å². The van der Waals surface area contributed by atoms with Crippen molar-refractivity contribution in [2.45, 2.75) is 38.8 Å². The molecule has 2 unspecified atom stereocenters. The number of hydrogen-bond donors (Lipinski definition) is 1. The molecule has 2 rings (SSSR count).